The van der Waals surface area contributed by atoms with Crippen LogP contribution in [0.25, 0.3) is 11.0 Å². The van der Waals surface area contributed by atoms with Crippen molar-refractivity contribution in [3.8, 4) is 0 Å². The first-order valence-corrected chi connectivity index (χ1v) is 7.66. The Balaban J connectivity index is 1.96. The highest BCUT2D eigenvalue weighted by molar-refractivity contribution is 7.09. The predicted molar refractivity (Wildman–Crippen MR) is 80.1 cm³/mol. The Morgan fingerprint density at radius 2 is 2.21 bits per heavy atom. The summed E-state index contributed by atoms with van der Waals surface area (Å²) in [6.07, 6.45) is 2.71. The van der Waals surface area contributed by atoms with Gasteiger partial charge in [-0.05, 0) is 18.2 Å². The second-order valence-electron chi connectivity index (χ2n) is 4.12. The molecule has 2 aromatic heterocycles. The van der Waals surface area contributed by atoms with Crippen LogP contribution in [0.3, 0.4) is 0 Å². The smallest absolute Gasteiger partial charge is 0.124 e. The fourth-order valence-electron chi connectivity index (χ4n) is 2.09. The summed E-state index contributed by atoms with van der Waals surface area (Å²) in [5.41, 5.74) is 1.96. The zero-order valence-electron chi connectivity index (χ0n) is 10.0. The summed E-state index contributed by atoms with van der Waals surface area (Å²) in [6, 6.07) is 5.73. The minimum Gasteiger partial charge on any atom is -0.327 e. The predicted octanol–water partition coefficient (Wildman–Crippen LogP) is 4.13. The molecule has 0 radical (unpaired) electrons. The largest absolute Gasteiger partial charge is 0.327 e. The van der Waals surface area contributed by atoms with Crippen LogP contribution in [-0.2, 0) is 18.8 Å². The van der Waals surface area contributed by atoms with Crippen LogP contribution in [0.5, 0.6) is 0 Å². The van der Waals surface area contributed by atoms with Gasteiger partial charge in [0.2, 0.25) is 0 Å². The van der Waals surface area contributed by atoms with E-state index < -0.39 is 0 Å². The number of nitrogens with zero attached hydrogens (tertiary/aromatic N) is 3. The van der Waals surface area contributed by atoms with Gasteiger partial charge in [0.15, 0.2) is 0 Å². The SMILES string of the molecule is ClCc1nc2cc(Cl)ccc2n1CCc1nccs1. The maximum atomic E-state index is 5.99. The molecule has 6 heteroatoms. The highest BCUT2D eigenvalue weighted by Crippen LogP contribution is 2.22. The van der Waals surface area contributed by atoms with Gasteiger partial charge in [-0.2, -0.15) is 0 Å². The second-order valence-corrected chi connectivity index (χ2v) is 5.80. The Hall–Kier alpha value is -1.10. The van der Waals surface area contributed by atoms with Crippen LogP contribution < -0.4 is 0 Å². The second kappa shape index (κ2) is 5.49. The van der Waals surface area contributed by atoms with Crippen LogP contribution >= 0.6 is 34.5 Å². The number of hydrogen-bond donors (Lipinski definition) is 0. The van der Waals surface area contributed by atoms with Crippen LogP contribution in [0.1, 0.15) is 10.8 Å². The summed E-state index contributed by atoms with van der Waals surface area (Å²) in [7, 11) is 0. The molecule has 0 saturated carbocycles. The molecule has 0 saturated heterocycles. The summed E-state index contributed by atoms with van der Waals surface area (Å²) >= 11 is 13.6. The van der Waals surface area contributed by atoms with Crippen LogP contribution in [0, 0.1) is 0 Å². The Labute approximate surface area is 124 Å². The van der Waals surface area contributed by atoms with E-state index >= 15 is 0 Å². The molecule has 0 atom stereocenters. The zero-order chi connectivity index (χ0) is 13.2. The van der Waals surface area contributed by atoms with E-state index in [1.54, 1.807) is 11.3 Å². The number of aromatic nitrogens is 3. The Morgan fingerprint density at radius 3 is 2.95 bits per heavy atom. The van der Waals surface area contributed by atoms with Gasteiger partial charge in [0.05, 0.1) is 21.9 Å². The lowest BCUT2D eigenvalue weighted by molar-refractivity contribution is 0.685. The minimum atomic E-state index is 0.393. The van der Waals surface area contributed by atoms with Gasteiger partial charge in [-0.15, -0.1) is 22.9 Å². The molecule has 0 fully saturated rings. The fourth-order valence-corrected chi connectivity index (χ4v) is 3.07. The summed E-state index contributed by atoms with van der Waals surface area (Å²) < 4.78 is 2.14. The molecule has 0 amide bonds. The summed E-state index contributed by atoms with van der Waals surface area (Å²) in [4.78, 5) is 8.82. The molecular weight excluding hydrogens is 301 g/mol. The average Bonchev–Trinajstić information content (AvgIpc) is 3.02. The number of alkyl halides is 1. The molecule has 3 aromatic rings. The molecule has 0 aliphatic rings. The van der Waals surface area contributed by atoms with E-state index in [1.807, 2.05) is 29.8 Å². The maximum Gasteiger partial charge on any atom is 0.124 e. The lowest BCUT2D eigenvalue weighted by Crippen LogP contribution is -2.04. The Morgan fingerprint density at radius 1 is 1.32 bits per heavy atom. The highest BCUT2D eigenvalue weighted by Gasteiger charge is 2.10. The molecular formula is C13H11Cl2N3S. The van der Waals surface area contributed by atoms with Crippen LogP contribution in [-0.4, -0.2) is 14.5 Å². The minimum absolute atomic E-state index is 0.393. The van der Waals surface area contributed by atoms with Gasteiger partial charge < -0.3 is 4.57 Å². The van der Waals surface area contributed by atoms with E-state index in [2.05, 4.69) is 14.5 Å². The molecule has 0 bridgehead atoms. The van der Waals surface area contributed by atoms with Crippen molar-refractivity contribution < 1.29 is 0 Å². The molecule has 2 heterocycles. The lowest BCUT2D eigenvalue weighted by atomic mass is 10.3. The van der Waals surface area contributed by atoms with Gasteiger partial charge >= 0.3 is 0 Å². The van der Waals surface area contributed by atoms with Gasteiger partial charge in [0.25, 0.3) is 0 Å². The Kier molecular flexibility index (Phi) is 3.73. The topological polar surface area (TPSA) is 30.7 Å². The number of rotatable bonds is 4. The van der Waals surface area contributed by atoms with Crippen molar-refractivity contribution in [2.45, 2.75) is 18.8 Å². The van der Waals surface area contributed by atoms with Crippen LogP contribution in [0.4, 0.5) is 0 Å². The number of imidazole rings is 1. The van der Waals surface area contributed by atoms with Gasteiger partial charge in [0, 0.05) is 29.6 Å². The third-order valence-corrected chi connectivity index (χ3v) is 4.26. The molecule has 0 aliphatic heterocycles. The van der Waals surface area contributed by atoms with Crippen molar-refractivity contribution in [2.24, 2.45) is 0 Å². The summed E-state index contributed by atoms with van der Waals surface area (Å²) in [5.74, 6) is 1.26. The zero-order valence-corrected chi connectivity index (χ0v) is 12.3. The molecule has 0 unspecified atom stereocenters. The molecule has 3 rings (SSSR count). The number of fused-ring (bicyclic) bond motifs is 1. The molecule has 98 valence electrons. The molecule has 1 aromatic carbocycles. The van der Waals surface area contributed by atoms with E-state index in [0.717, 1.165) is 34.8 Å². The van der Waals surface area contributed by atoms with Crippen molar-refractivity contribution in [3.63, 3.8) is 0 Å². The van der Waals surface area contributed by atoms with E-state index in [9.17, 15) is 0 Å². The first-order valence-electron chi connectivity index (χ1n) is 5.87. The Bertz CT molecular complexity index is 691. The van der Waals surface area contributed by atoms with Gasteiger partial charge in [-0.1, -0.05) is 11.6 Å². The molecule has 19 heavy (non-hydrogen) atoms. The van der Waals surface area contributed by atoms with E-state index in [-0.39, 0.29) is 0 Å². The monoisotopic (exact) mass is 311 g/mol. The van der Waals surface area contributed by atoms with Crippen LogP contribution in [0.15, 0.2) is 29.8 Å². The molecule has 0 aliphatic carbocycles. The van der Waals surface area contributed by atoms with Crippen molar-refractivity contribution in [1.82, 2.24) is 14.5 Å². The third kappa shape index (κ3) is 2.61. The number of benzene rings is 1. The summed E-state index contributed by atoms with van der Waals surface area (Å²) in [6.45, 7) is 0.827. The number of thiazole rings is 1. The van der Waals surface area contributed by atoms with Crippen LogP contribution in [0.2, 0.25) is 5.02 Å². The molecule has 3 nitrogen and oxygen atoms in total. The normalized spacial score (nSPS) is 11.3. The van der Waals surface area contributed by atoms with Gasteiger partial charge in [-0.25, -0.2) is 9.97 Å². The number of aryl methyl sites for hydroxylation is 2. The summed E-state index contributed by atoms with van der Waals surface area (Å²) in [5, 5.41) is 3.80. The van der Waals surface area contributed by atoms with E-state index in [0.29, 0.717) is 10.9 Å². The van der Waals surface area contributed by atoms with Crippen molar-refractivity contribution in [3.05, 3.63) is 45.6 Å². The quantitative estimate of drug-likeness (QED) is 0.678. The van der Waals surface area contributed by atoms with E-state index in [4.69, 9.17) is 23.2 Å². The fraction of sp³-hybridized carbons (Fsp3) is 0.231. The standard InChI is InChI=1S/C13H11Cl2N3S/c14-8-12-17-10-7-9(15)1-2-11(10)18(12)5-3-13-16-4-6-19-13/h1-2,4,6-7H,3,5,8H2. The molecule has 0 N–H and O–H groups in total. The first-order chi connectivity index (χ1) is 9.28. The van der Waals surface area contributed by atoms with Gasteiger partial charge in [0.1, 0.15) is 5.82 Å². The number of halogens is 2. The van der Waals surface area contributed by atoms with E-state index in [1.165, 1.54) is 0 Å². The third-order valence-electron chi connectivity index (χ3n) is 2.94. The first kappa shape index (κ1) is 12.9. The molecule has 0 spiro atoms. The van der Waals surface area contributed by atoms with Crippen molar-refractivity contribution in [1.29, 1.82) is 0 Å². The average molecular weight is 312 g/mol. The van der Waals surface area contributed by atoms with Gasteiger partial charge in [-0.3, -0.25) is 0 Å². The lowest BCUT2D eigenvalue weighted by Gasteiger charge is -2.06. The van der Waals surface area contributed by atoms with Crippen molar-refractivity contribution in [2.75, 3.05) is 0 Å². The van der Waals surface area contributed by atoms with Crippen molar-refractivity contribution >= 4 is 45.6 Å². The highest BCUT2D eigenvalue weighted by atomic mass is 35.5. The number of hydrogen-bond acceptors (Lipinski definition) is 3. The maximum absolute atomic E-state index is 5.99.